The first-order chi connectivity index (χ1) is 14.3. The maximum absolute atomic E-state index is 4.17. The maximum Gasteiger partial charge on any atom is 0.0144 e. The fourth-order valence-corrected chi connectivity index (χ4v) is 8.52. The third kappa shape index (κ3) is 7.42. The predicted octanol–water partition coefficient (Wildman–Crippen LogP) is 5.37. The van der Waals surface area contributed by atoms with Crippen molar-refractivity contribution in [3.8, 4) is 0 Å². The summed E-state index contributed by atoms with van der Waals surface area (Å²) in [4.78, 5) is 0. The molecule has 2 aliphatic heterocycles. The first kappa shape index (κ1) is 26.4. The molecule has 3 aliphatic rings. The molecule has 32 heavy (non-hydrogen) atoms. The van der Waals surface area contributed by atoms with Gasteiger partial charge in [0.2, 0.25) is 0 Å². The van der Waals surface area contributed by atoms with Gasteiger partial charge in [-0.25, -0.2) is 0 Å². The highest BCUT2D eigenvalue weighted by Crippen LogP contribution is 2.46. The average Bonchev–Trinajstić information content (AvgIpc) is 2.44. The van der Waals surface area contributed by atoms with Gasteiger partial charge in [-0.2, -0.15) is 0 Å². The zero-order valence-electron chi connectivity index (χ0n) is 23.4. The molecule has 0 aromatic heterocycles. The van der Waals surface area contributed by atoms with Crippen molar-refractivity contribution in [3.63, 3.8) is 0 Å². The van der Waals surface area contributed by atoms with Crippen molar-refractivity contribution in [1.29, 1.82) is 0 Å². The molecule has 2 unspecified atom stereocenters. The van der Waals surface area contributed by atoms with Crippen molar-refractivity contribution in [2.45, 2.75) is 161 Å². The van der Waals surface area contributed by atoms with E-state index in [9.17, 15) is 0 Å². The van der Waals surface area contributed by atoms with Crippen LogP contribution in [0.25, 0.3) is 0 Å². The van der Waals surface area contributed by atoms with E-state index in [0.29, 0.717) is 29.0 Å². The third-order valence-electron chi connectivity index (χ3n) is 8.11. The van der Waals surface area contributed by atoms with E-state index in [4.69, 9.17) is 0 Å². The van der Waals surface area contributed by atoms with Crippen LogP contribution in [0, 0.1) is 10.8 Å². The van der Waals surface area contributed by atoms with Crippen LogP contribution in [-0.4, -0.2) is 46.8 Å². The van der Waals surface area contributed by atoms with Crippen LogP contribution in [0.5, 0.6) is 0 Å². The number of piperidine rings is 2. The summed E-state index contributed by atoms with van der Waals surface area (Å²) in [6, 6.07) is 1.81. The number of hydrogen-bond donors (Lipinski definition) is 4. The molecule has 2 saturated heterocycles. The van der Waals surface area contributed by atoms with Gasteiger partial charge in [0.1, 0.15) is 0 Å². The predicted molar refractivity (Wildman–Crippen MR) is 139 cm³/mol. The fraction of sp³-hybridized carbons (Fsp3) is 1.00. The SMILES string of the molecule is CC1(C)CC(NC2CC(C)(C)NC(C)(C)C2)CC(C)(CNC2CC(C)(C)NC(C)(C)C2)C1. The van der Waals surface area contributed by atoms with Gasteiger partial charge in [0.25, 0.3) is 0 Å². The molecule has 1 aliphatic carbocycles. The Morgan fingerprint density at radius 1 is 0.562 bits per heavy atom. The van der Waals surface area contributed by atoms with Gasteiger partial charge >= 0.3 is 0 Å². The second kappa shape index (κ2) is 8.50. The van der Waals surface area contributed by atoms with Crippen molar-refractivity contribution in [2.24, 2.45) is 10.8 Å². The van der Waals surface area contributed by atoms with Crippen molar-refractivity contribution >= 4 is 0 Å². The molecule has 2 heterocycles. The highest BCUT2D eigenvalue weighted by atomic mass is 15.1. The zero-order chi connectivity index (χ0) is 24.2. The first-order valence-electron chi connectivity index (χ1n) is 13.4. The summed E-state index contributed by atoms with van der Waals surface area (Å²) in [5, 5.41) is 15.9. The topological polar surface area (TPSA) is 48.1 Å². The minimum atomic E-state index is 0.198. The second-order valence-electron chi connectivity index (χ2n) is 15.8. The fourth-order valence-electron chi connectivity index (χ4n) is 8.52. The van der Waals surface area contributed by atoms with E-state index in [1.54, 1.807) is 0 Å². The Bertz CT molecular complexity index is 630. The molecule has 0 radical (unpaired) electrons. The van der Waals surface area contributed by atoms with Gasteiger partial charge in [-0.1, -0.05) is 20.8 Å². The van der Waals surface area contributed by atoms with Crippen LogP contribution in [0.1, 0.15) is 121 Å². The van der Waals surface area contributed by atoms with Gasteiger partial charge in [0, 0.05) is 46.8 Å². The van der Waals surface area contributed by atoms with Crippen molar-refractivity contribution < 1.29 is 0 Å². The molecule has 3 fully saturated rings. The highest BCUT2D eigenvalue weighted by molar-refractivity contribution is 5.04. The van der Waals surface area contributed by atoms with Crippen LogP contribution in [0.3, 0.4) is 0 Å². The Kier molecular flexibility index (Phi) is 7.02. The minimum absolute atomic E-state index is 0.198. The summed E-state index contributed by atoms with van der Waals surface area (Å²) < 4.78 is 0. The molecule has 0 bridgehead atoms. The summed E-state index contributed by atoms with van der Waals surface area (Å²) >= 11 is 0. The lowest BCUT2D eigenvalue weighted by molar-refractivity contribution is 0.0474. The van der Waals surface area contributed by atoms with Crippen molar-refractivity contribution in [2.75, 3.05) is 6.54 Å². The molecular formula is C28H56N4. The van der Waals surface area contributed by atoms with Crippen LogP contribution >= 0.6 is 0 Å². The quantitative estimate of drug-likeness (QED) is 0.457. The summed E-state index contributed by atoms with van der Waals surface area (Å²) in [7, 11) is 0. The van der Waals surface area contributed by atoms with Crippen molar-refractivity contribution in [3.05, 3.63) is 0 Å². The highest BCUT2D eigenvalue weighted by Gasteiger charge is 2.45. The maximum atomic E-state index is 4.17. The molecule has 0 spiro atoms. The zero-order valence-corrected chi connectivity index (χ0v) is 23.4. The van der Waals surface area contributed by atoms with E-state index in [1.165, 1.54) is 44.9 Å². The Hall–Kier alpha value is -0.160. The summed E-state index contributed by atoms with van der Waals surface area (Å²) in [5.74, 6) is 0. The van der Waals surface area contributed by atoms with Crippen LogP contribution in [-0.2, 0) is 0 Å². The number of hydrogen-bond acceptors (Lipinski definition) is 4. The lowest BCUT2D eigenvalue weighted by Gasteiger charge is -2.52. The smallest absolute Gasteiger partial charge is 0.0144 e. The second-order valence-corrected chi connectivity index (χ2v) is 15.8. The lowest BCUT2D eigenvalue weighted by atomic mass is 9.62. The molecule has 1 saturated carbocycles. The summed E-state index contributed by atoms with van der Waals surface area (Å²) in [6.45, 7) is 27.5. The molecule has 2 atom stereocenters. The molecule has 4 heteroatoms. The van der Waals surface area contributed by atoms with Crippen LogP contribution in [0.2, 0.25) is 0 Å². The van der Waals surface area contributed by atoms with E-state index in [1.807, 2.05) is 0 Å². The molecule has 0 amide bonds. The monoisotopic (exact) mass is 448 g/mol. The molecule has 4 N–H and O–H groups in total. The van der Waals surface area contributed by atoms with Gasteiger partial charge < -0.3 is 21.3 Å². The van der Waals surface area contributed by atoms with Crippen LogP contribution in [0.4, 0.5) is 0 Å². The normalized spacial score (nSPS) is 36.7. The Morgan fingerprint density at radius 3 is 1.44 bits per heavy atom. The van der Waals surface area contributed by atoms with E-state index in [-0.39, 0.29) is 22.2 Å². The minimum Gasteiger partial charge on any atom is -0.313 e. The van der Waals surface area contributed by atoms with E-state index in [0.717, 1.165) is 6.54 Å². The molecule has 0 aromatic carbocycles. The van der Waals surface area contributed by atoms with Gasteiger partial charge in [-0.15, -0.1) is 0 Å². The van der Waals surface area contributed by atoms with E-state index in [2.05, 4.69) is 97.4 Å². The molecule has 0 aromatic rings. The largest absolute Gasteiger partial charge is 0.313 e. The van der Waals surface area contributed by atoms with Gasteiger partial charge in [-0.05, 0) is 111 Å². The van der Waals surface area contributed by atoms with Gasteiger partial charge in [-0.3, -0.25) is 0 Å². The van der Waals surface area contributed by atoms with Crippen LogP contribution < -0.4 is 21.3 Å². The standard InChI is InChI=1S/C28H56N4/c1-23(2)12-21(30-22-15-26(7,8)32-27(9,10)16-22)17-28(11,18-23)19-29-20-13-24(3,4)31-25(5,6)14-20/h20-22,29-32H,12-19H2,1-11H3. The average molecular weight is 449 g/mol. The van der Waals surface area contributed by atoms with E-state index >= 15 is 0 Å². The molecular weight excluding hydrogens is 392 g/mol. The lowest BCUT2D eigenvalue weighted by Crippen LogP contribution is -2.64. The van der Waals surface area contributed by atoms with Crippen LogP contribution in [0.15, 0.2) is 0 Å². The summed E-state index contributed by atoms with van der Waals surface area (Å²) in [6.07, 6.45) is 8.72. The Morgan fingerprint density at radius 2 is 0.969 bits per heavy atom. The molecule has 4 nitrogen and oxygen atoms in total. The van der Waals surface area contributed by atoms with Gasteiger partial charge in [0.05, 0.1) is 0 Å². The molecule has 3 rings (SSSR count). The Labute approximate surface area is 200 Å². The third-order valence-corrected chi connectivity index (χ3v) is 8.11. The van der Waals surface area contributed by atoms with E-state index < -0.39 is 0 Å². The molecule has 188 valence electrons. The number of nitrogens with one attached hydrogen (secondary N) is 4. The van der Waals surface area contributed by atoms with Gasteiger partial charge in [0.15, 0.2) is 0 Å². The first-order valence-corrected chi connectivity index (χ1v) is 13.4. The Balaban J connectivity index is 1.64. The summed E-state index contributed by atoms with van der Waals surface area (Å²) in [5.41, 5.74) is 1.52. The number of rotatable bonds is 5. The van der Waals surface area contributed by atoms with Crippen molar-refractivity contribution in [1.82, 2.24) is 21.3 Å².